The molecule has 0 saturated heterocycles. The summed E-state index contributed by atoms with van der Waals surface area (Å²) in [5, 5.41) is 0. The van der Waals surface area contributed by atoms with Crippen LogP contribution in [0.15, 0.2) is 34.4 Å². The van der Waals surface area contributed by atoms with Crippen molar-refractivity contribution in [3.8, 4) is 0 Å². The minimum atomic E-state index is -0.101. The lowest BCUT2D eigenvalue weighted by atomic mass is 10.3. The molecule has 0 bridgehead atoms. The van der Waals surface area contributed by atoms with Crippen LogP contribution in [0.2, 0.25) is 0 Å². The lowest BCUT2D eigenvalue weighted by Crippen LogP contribution is -1.91. The Morgan fingerprint density at radius 3 is 2.55 bits per heavy atom. The molecule has 1 aliphatic heterocycles. The molecule has 0 radical (unpaired) electrons. The SMILES string of the molecule is C1=NC(c2ccccn2)N=C1. The summed E-state index contributed by atoms with van der Waals surface area (Å²) < 4.78 is 0. The third-order valence-corrected chi connectivity index (χ3v) is 1.47. The first-order valence-corrected chi connectivity index (χ1v) is 3.43. The van der Waals surface area contributed by atoms with Gasteiger partial charge in [0.1, 0.15) is 0 Å². The van der Waals surface area contributed by atoms with E-state index in [2.05, 4.69) is 15.0 Å². The molecule has 0 fully saturated rings. The molecule has 1 aromatic heterocycles. The second kappa shape index (κ2) is 2.62. The molecule has 0 spiro atoms. The fourth-order valence-corrected chi connectivity index (χ4v) is 0.960. The van der Waals surface area contributed by atoms with Gasteiger partial charge < -0.3 is 0 Å². The van der Waals surface area contributed by atoms with E-state index >= 15 is 0 Å². The molecule has 0 atom stereocenters. The van der Waals surface area contributed by atoms with Crippen LogP contribution in [0.1, 0.15) is 11.9 Å². The Balaban J connectivity index is 2.30. The van der Waals surface area contributed by atoms with Crippen LogP contribution >= 0.6 is 0 Å². The first kappa shape index (κ1) is 6.22. The Morgan fingerprint density at radius 1 is 1.09 bits per heavy atom. The van der Waals surface area contributed by atoms with E-state index in [-0.39, 0.29) is 6.17 Å². The molecule has 0 aromatic carbocycles. The molecule has 0 aliphatic carbocycles. The summed E-state index contributed by atoms with van der Waals surface area (Å²) in [6, 6.07) is 5.74. The molecule has 54 valence electrons. The van der Waals surface area contributed by atoms with E-state index in [9.17, 15) is 0 Å². The van der Waals surface area contributed by atoms with Crippen molar-refractivity contribution in [1.82, 2.24) is 4.98 Å². The number of aromatic nitrogens is 1. The summed E-state index contributed by atoms with van der Waals surface area (Å²) in [5.74, 6) is 0. The summed E-state index contributed by atoms with van der Waals surface area (Å²) in [6.45, 7) is 0. The van der Waals surface area contributed by atoms with Gasteiger partial charge in [-0.3, -0.25) is 15.0 Å². The van der Waals surface area contributed by atoms with Crippen LogP contribution in [0.25, 0.3) is 0 Å². The fraction of sp³-hybridized carbons (Fsp3) is 0.125. The molecule has 3 heteroatoms. The van der Waals surface area contributed by atoms with Gasteiger partial charge in [-0.05, 0) is 12.1 Å². The van der Waals surface area contributed by atoms with E-state index in [0.717, 1.165) is 5.69 Å². The maximum Gasteiger partial charge on any atom is 0.181 e. The van der Waals surface area contributed by atoms with Crippen molar-refractivity contribution in [1.29, 1.82) is 0 Å². The molecule has 1 aromatic rings. The highest BCUT2D eigenvalue weighted by atomic mass is 15.0. The molecule has 0 amide bonds. The van der Waals surface area contributed by atoms with Gasteiger partial charge in [0.2, 0.25) is 0 Å². The van der Waals surface area contributed by atoms with Gasteiger partial charge in [-0.15, -0.1) is 0 Å². The zero-order chi connectivity index (χ0) is 7.52. The summed E-state index contributed by atoms with van der Waals surface area (Å²) in [6.07, 6.45) is 5.04. The van der Waals surface area contributed by atoms with E-state index in [1.54, 1.807) is 18.6 Å². The first-order valence-electron chi connectivity index (χ1n) is 3.43. The third-order valence-electron chi connectivity index (χ3n) is 1.47. The molecule has 2 heterocycles. The highest BCUT2D eigenvalue weighted by Crippen LogP contribution is 2.16. The smallest absolute Gasteiger partial charge is 0.181 e. The summed E-state index contributed by atoms with van der Waals surface area (Å²) in [5.41, 5.74) is 0.900. The average Bonchev–Trinajstić information content (AvgIpc) is 2.58. The van der Waals surface area contributed by atoms with Crippen LogP contribution in [0.4, 0.5) is 0 Å². The van der Waals surface area contributed by atoms with Crippen LogP contribution in [-0.4, -0.2) is 17.4 Å². The Hall–Kier alpha value is -1.51. The number of pyridine rings is 1. The first-order chi connectivity index (χ1) is 5.47. The Labute approximate surface area is 64.5 Å². The minimum Gasteiger partial charge on any atom is -0.259 e. The van der Waals surface area contributed by atoms with Crippen molar-refractivity contribution >= 4 is 12.4 Å². The molecule has 1 aliphatic rings. The molecule has 11 heavy (non-hydrogen) atoms. The van der Waals surface area contributed by atoms with Crippen LogP contribution in [-0.2, 0) is 0 Å². The minimum absolute atomic E-state index is 0.101. The van der Waals surface area contributed by atoms with Crippen LogP contribution in [0.3, 0.4) is 0 Å². The number of nitrogens with zero attached hydrogens (tertiary/aromatic N) is 3. The average molecular weight is 145 g/mol. The highest BCUT2D eigenvalue weighted by molar-refractivity contribution is 6.17. The van der Waals surface area contributed by atoms with E-state index in [1.165, 1.54) is 0 Å². The monoisotopic (exact) mass is 145 g/mol. The number of aliphatic imine (C=N–C) groups is 2. The van der Waals surface area contributed by atoms with Crippen molar-refractivity contribution in [2.24, 2.45) is 9.98 Å². The van der Waals surface area contributed by atoms with Crippen molar-refractivity contribution in [3.05, 3.63) is 30.1 Å². The zero-order valence-corrected chi connectivity index (χ0v) is 5.88. The standard InChI is InChI=1S/C8H7N3/c1-2-4-9-7(3-1)8-10-5-6-11-8/h1-6,8H. The van der Waals surface area contributed by atoms with Gasteiger partial charge in [0.15, 0.2) is 6.17 Å². The number of rotatable bonds is 1. The second-order valence-corrected chi connectivity index (χ2v) is 2.22. The second-order valence-electron chi connectivity index (χ2n) is 2.22. The van der Waals surface area contributed by atoms with E-state index in [1.807, 2.05) is 18.2 Å². The summed E-state index contributed by atoms with van der Waals surface area (Å²) in [4.78, 5) is 12.3. The lowest BCUT2D eigenvalue weighted by molar-refractivity contribution is 0.767. The molecule has 0 N–H and O–H groups in total. The number of hydrogen-bond donors (Lipinski definition) is 0. The predicted octanol–water partition coefficient (Wildman–Crippen LogP) is 1.24. The molecule has 2 rings (SSSR count). The molecule has 3 nitrogen and oxygen atoms in total. The van der Waals surface area contributed by atoms with Gasteiger partial charge in [-0.2, -0.15) is 0 Å². The van der Waals surface area contributed by atoms with E-state index < -0.39 is 0 Å². The maximum atomic E-state index is 4.13. The van der Waals surface area contributed by atoms with E-state index in [0.29, 0.717) is 0 Å². The zero-order valence-electron chi connectivity index (χ0n) is 5.88. The predicted molar refractivity (Wildman–Crippen MR) is 44.0 cm³/mol. The molecule has 0 saturated carbocycles. The molecular weight excluding hydrogens is 138 g/mol. The Kier molecular flexibility index (Phi) is 1.48. The van der Waals surface area contributed by atoms with E-state index in [4.69, 9.17) is 0 Å². The normalized spacial score (nSPS) is 16.0. The van der Waals surface area contributed by atoms with Crippen molar-refractivity contribution in [2.75, 3.05) is 0 Å². The van der Waals surface area contributed by atoms with Crippen LogP contribution in [0, 0.1) is 0 Å². The third kappa shape index (κ3) is 1.17. The Bertz CT molecular complexity index is 277. The highest BCUT2D eigenvalue weighted by Gasteiger charge is 2.08. The Morgan fingerprint density at radius 2 is 1.91 bits per heavy atom. The number of hydrogen-bond acceptors (Lipinski definition) is 3. The fourth-order valence-electron chi connectivity index (χ4n) is 0.960. The molecular formula is C8H7N3. The van der Waals surface area contributed by atoms with Gasteiger partial charge >= 0.3 is 0 Å². The topological polar surface area (TPSA) is 37.6 Å². The van der Waals surface area contributed by atoms with Crippen LogP contribution in [0.5, 0.6) is 0 Å². The summed E-state index contributed by atoms with van der Waals surface area (Å²) >= 11 is 0. The van der Waals surface area contributed by atoms with Crippen LogP contribution < -0.4 is 0 Å². The maximum absolute atomic E-state index is 4.13. The largest absolute Gasteiger partial charge is 0.259 e. The van der Waals surface area contributed by atoms with Gasteiger partial charge in [0.25, 0.3) is 0 Å². The summed E-state index contributed by atoms with van der Waals surface area (Å²) in [7, 11) is 0. The molecule has 0 unspecified atom stereocenters. The van der Waals surface area contributed by atoms with Gasteiger partial charge in [0.05, 0.1) is 5.69 Å². The van der Waals surface area contributed by atoms with Gasteiger partial charge in [-0.1, -0.05) is 6.07 Å². The lowest BCUT2D eigenvalue weighted by Gasteiger charge is -2.00. The van der Waals surface area contributed by atoms with Gasteiger partial charge in [-0.25, -0.2) is 0 Å². The van der Waals surface area contributed by atoms with Crippen molar-refractivity contribution in [2.45, 2.75) is 6.17 Å². The quantitative estimate of drug-likeness (QED) is 0.585. The van der Waals surface area contributed by atoms with Gasteiger partial charge in [0, 0.05) is 18.6 Å². The van der Waals surface area contributed by atoms with Crippen molar-refractivity contribution in [3.63, 3.8) is 0 Å². The van der Waals surface area contributed by atoms with Crippen molar-refractivity contribution < 1.29 is 0 Å².